The first-order chi connectivity index (χ1) is 8.67. The van der Waals surface area contributed by atoms with Gasteiger partial charge in [0.2, 0.25) is 0 Å². The molecule has 0 aliphatic carbocycles. The topological polar surface area (TPSA) is 93.4 Å². The molecule has 1 atom stereocenters. The van der Waals surface area contributed by atoms with E-state index in [0.717, 1.165) is 0 Å². The van der Waals surface area contributed by atoms with Gasteiger partial charge in [-0.05, 0) is 11.8 Å². The van der Waals surface area contributed by atoms with Gasteiger partial charge in [-0.2, -0.15) is 5.26 Å². The number of carboxylic acids is 1. The number of nitriles is 1. The highest BCUT2D eigenvalue weighted by atomic mass is 16.4. The molecule has 0 rings (SSSR count). The van der Waals surface area contributed by atoms with Crippen molar-refractivity contribution in [3.05, 3.63) is 0 Å². The zero-order valence-electron chi connectivity index (χ0n) is 12.1. The maximum Gasteiger partial charge on any atom is 0.317 e. The van der Waals surface area contributed by atoms with E-state index in [2.05, 4.69) is 5.32 Å². The summed E-state index contributed by atoms with van der Waals surface area (Å²) in [5.41, 5.74) is -0.111. The smallest absolute Gasteiger partial charge is 0.317 e. The Morgan fingerprint density at radius 3 is 2.42 bits per heavy atom. The minimum Gasteiger partial charge on any atom is -0.481 e. The molecular formula is C13H23N3O3. The van der Waals surface area contributed by atoms with Gasteiger partial charge in [0.15, 0.2) is 0 Å². The maximum absolute atomic E-state index is 11.7. The Labute approximate surface area is 114 Å². The van der Waals surface area contributed by atoms with Gasteiger partial charge in [-0.15, -0.1) is 0 Å². The number of hydrogen-bond donors (Lipinski definition) is 2. The molecule has 108 valence electrons. The fourth-order valence-electron chi connectivity index (χ4n) is 1.65. The molecule has 0 aliphatic heterocycles. The molecule has 0 radical (unpaired) electrons. The lowest BCUT2D eigenvalue weighted by molar-refractivity contribution is -0.142. The van der Waals surface area contributed by atoms with Crippen LogP contribution in [0.4, 0.5) is 4.79 Å². The van der Waals surface area contributed by atoms with Crippen molar-refractivity contribution in [3.63, 3.8) is 0 Å². The van der Waals surface area contributed by atoms with Gasteiger partial charge in [0.1, 0.15) is 0 Å². The van der Waals surface area contributed by atoms with E-state index in [0.29, 0.717) is 13.0 Å². The van der Waals surface area contributed by atoms with Crippen LogP contribution in [0.25, 0.3) is 0 Å². The fourth-order valence-corrected chi connectivity index (χ4v) is 1.65. The number of amides is 2. The minimum absolute atomic E-state index is 0.0995. The highest BCUT2D eigenvalue weighted by Gasteiger charge is 2.25. The largest absolute Gasteiger partial charge is 0.481 e. The molecule has 0 bridgehead atoms. The van der Waals surface area contributed by atoms with Crippen molar-refractivity contribution in [1.82, 2.24) is 10.2 Å². The van der Waals surface area contributed by atoms with Crippen LogP contribution >= 0.6 is 0 Å². The monoisotopic (exact) mass is 269 g/mol. The van der Waals surface area contributed by atoms with Crippen molar-refractivity contribution < 1.29 is 14.7 Å². The predicted octanol–water partition coefficient (Wildman–Crippen LogP) is 1.68. The summed E-state index contributed by atoms with van der Waals surface area (Å²) in [6.45, 7) is 6.32. The van der Waals surface area contributed by atoms with Gasteiger partial charge in [0, 0.05) is 20.1 Å². The lowest BCUT2D eigenvalue weighted by Crippen LogP contribution is -2.42. The van der Waals surface area contributed by atoms with Crippen LogP contribution in [0, 0.1) is 22.7 Å². The number of aliphatic carboxylic acids is 1. The zero-order valence-corrected chi connectivity index (χ0v) is 12.1. The van der Waals surface area contributed by atoms with E-state index < -0.39 is 11.9 Å². The molecule has 2 N–H and O–H groups in total. The summed E-state index contributed by atoms with van der Waals surface area (Å²) in [7, 11) is 1.58. The first-order valence-electron chi connectivity index (χ1n) is 6.26. The Bertz CT molecular complexity index is 355. The third-order valence-corrected chi connectivity index (χ3v) is 2.61. The lowest BCUT2D eigenvalue weighted by atomic mass is 9.84. The number of carbonyl (C=O) groups excluding carboxylic acids is 1. The molecule has 0 aliphatic rings. The molecule has 6 heteroatoms. The van der Waals surface area contributed by atoms with Crippen LogP contribution in [0.2, 0.25) is 0 Å². The Hall–Kier alpha value is -1.77. The number of nitrogens with zero attached hydrogens (tertiary/aromatic N) is 2. The molecule has 0 saturated carbocycles. The van der Waals surface area contributed by atoms with Gasteiger partial charge >= 0.3 is 12.0 Å². The van der Waals surface area contributed by atoms with Crippen LogP contribution in [-0.2, 0) is 4.79 Å². The predicted molar refractivity (Wildman–Crippen MR) is 71.5 cm³/mol. The number of carbonyl (C=O) groups is 2. The van der Waals surface area contributed by atoms with Crippen LogP contribution in [0.15, 0.2) is 0 Å². The van der Waals surface area contributed by atoms with E-state index in [1.165, 1.54) is 4.90 Å². The van der Waals surface area contributed by atoms with Crippen LogP contribution in [0.3, 0.4) is 0 Å². The van der Waals surface area contributed by atoms with Gasteiger partial charge < -0.3 is 15.3 Å². The first-order valence-corrected chi connectivity index (χ1v) is 6.26. The molecule has 0 heterocycles. The summed E-state index contributed by atoms with van der Waals surface area (Å²) < 4.78 is 0. The Kier molecular flexibility index (Phi) is 6.91. The van der Waals surface area contributed by atoms with Crippen molar-refractivity contribution in [2.45, 2.75) is 33.6 Å². The van der Waals surface area contributed by atoms with Crippen molar-refractivity contribution in [2.75, 3.05) is 20.1 Å². The van der Waals surface area contributed by atoms with Crippen LogP contribution in [-0.4, -0.2) is 42.1 Å². The molecule has 0 aromatic carbocycles. The number of carboxylic acid groups (broad SMARTS) is 1. The average molecular weight is 269 g/mol. The first kappa shape index (κ1) is 17.2. The molecule has 0 saturated heterocycles. The third-order valence-electron chi connectivity index (χ3n) is 2.61. The quantitative estimate of drug-likeness (QED) is 0.767. The van der Waals surface area contributed by atoms with Gasteiger partial charge in [-0.25, -0.2) is 4.79 Å². The average Bonchev–Trinajstić information content (AvgIpc) is 2.29. The molecule has 0 aromatic heterocycles. The summed E-state index contributed by atoms with van der Waals surface area (Å²) >= 11 is 0. The molecule has 0 spiro atoms. The summed E-state index contributed by atoms with van der Waals surface area (Å²) in [4.78, 5) is 24.2. The fraction of sp³-hybridized carbons (Fsp3) is 0.769. The molecule has 19 heavy (non-hydrogen) atoms. The maximum atomic E-state index is 11.7. The number of hydrogen-bond acceptors (Lipinski definition) is 3. The third kappa shape index (κ3) is 8.03. The second-order valence-electron chi connectivity index (χ2n) is 5.82. The van der Waals surface area contributed by atoms with E-state index in [1.807, 2.05) is 26.8 Å². The van der Waals surface area contributed by atoms with Crippen LogP contribution in [0.5, 0.6) is 0 Å². The normalized spacial score (nSPS) is 12.4. The highest BCUT2D eigenvalue weighted by molar-refractivity contribution is 5.75. The van der Waals surface area contributed by atoms with E-state index >= 15 is 0 Å². The number of rotatable bonds is 6. The van der Waals surface area contributed by atoms with Crippen LogP contribution < -0.4 is 5.32 Å². The van der Waals surface area contributed by atoms with Crippen molar-refractivity contribution in [1.29, 1.82) is 5.26 Å². The Morgan fingerprint density at radius 1 is 1.42 bits per heavy atom. The summed E-state index contributed by atoms with van der Waals surface area (Å²) in [6.07, 6.45) is 0.749. The van der Waals surface area contributed by atoms with Gasteiger partial charge in [0.05, 0.1) is 18.4 Å². The highest BCUT2D eigenvalue weighted by Crippen LogP contribution is 2.24. The second-order valence-corrected chi connectivity index (χ2v) is 5.82. The summed E-state index contributed by atoms with van der Waals surface area (Å²) in [6, 6.07) is 1.60. The summed E-state index contributed by atoms with van der Waals surface area (Å²) in [5.74, 6) is -1.51. The summed E-state index contributed by atoms with van der Waals surface area (Å²) in [5, 5.41) is 20.1. The van der Waals surface area contributed by atoms with Crippen molar-refractivity contribution in [2.24, 2.45) is 11.3 Å². The standard InChI is InChI=1S/C13H23N3O3/c1-13(2,3)8-10(11(17)18)9-15-12(19)16(4)7-5-6-14/h10H,5,7-9H2,1-4H3,(H,15,19)(H,17,18). The van der Waals surface area contributed by atoms with Crippen molar-refractivity contribution >= 4 is 12.0 Å². The molecule has 6 nitrogen and oxygen atoms in total. The number of urea groups is 1. The van der Waals surface area contributed by atoms with Gasteiger partial charge in [-0.3, -0.25) is 4.79 Å². The molecule has 0 fully saturated rings. The van der Waals surface area contributed by atoms with E-state index in [1.54, 1.807) is 7.05 Å². The Morgan fingerprint density at radius 2 is 2.00 bits per heavy atom. The van der Waals surface area contributed by atoms with Gasteiger partial charge in [-0.1, -0.05) is 20.8 Å². The number of nitrogens with one attached hydrogen (secondary N) is 1. The molecular weight excluding hydrogens is 246 g/mol. The van der Waals surface area contributed by atoms with Crippen LogP contribution in [0.1, 0.15) is 33.6 Å². The van der Waals surface area contributed by atoms with E-state index in [9.17, 15) is 9.59 Å². The minimum atomic E-state index is -0.907. The lowest BCUT2D eigenvalue weighted by Gasteiger charge is -2.24. The SMILES string of the molecule is CN(CCC#N)C(=O)NCC(CC(C)(C)C)C(=O)O. The zero-order chi connectivity index (χ0) is 15.1. The van der Waals surface area contributed by atoms with Crippen molar-refractivity contribution in [3.8, 4) is 6.07 Å². The molecule has 1 unspecified atom stereocenters. The molecule has 2 amide bonds. The second kappa shape index (κ2) is 7.62. The molecule has 0 aromatic rings. The Balaban J connectivity index is 4.29. The van der Waals surface area contributed by atoms with Gasteiger partial charge in [0.25, 0.3) is 0 Å². The van der Waals surface area contributed by atoms with E-state index in [4.69, 9.17) is 10.4 Å². The van der Waals surface area contributed by atoms with E-state index in [-0.39, 0.29) is 24.4 Å².